The van der Waals surface area contributed by atoms with Crippen LogP contribution in [0.4, 0.5) is 0 Å². The van der Waals surface area contributed by atoms with Crippen molar-refractivity contribution >= 4 is 12.1 Å². The average molecular weight is 298 g/mol. The van der Waals surface area contributed by atoms with E-state index in [0.29, 0.717) is 0 Å². The maximum absolute atomic E-state index is 11.4. The first-order valence-electron chi connectivity index (χ1n) is 8.26. The third-order valence-electron chi connectivity index (χ3n) is 4.47. The van der Waals surface area contributed by atoms with E-state index in [1.165, 1.54) is 0 Å². The fourth-order valence-corrected chi connectivity index (χ4v) is 2.29. The van der Waals surface area contributed by atoms with Crippen molar-refractivity contribution in [3.63, 3.8) is 0 Å². The molecule has 0 fully saturated rings. The number of aliphatic hydroxyl groups excluding tert-OH is 1. The lowest BCUT2D eigenvalue weighted by Crippen LogP contribution is -2.21. The monoisotopic (exact) mass is 298 g/mol. The predicted octanol–water partition coefficient (Wildman–Crippen LogP) is 4.31. The van der Waals surface area contributed by atoms with Crippen LogP contribution in [0.15, 0.2) is 0 Å². The lowest BCUT2D eigenvalue weighted by Gasteiger charge is -2.21. The second-order valence-corrected chi connectivity index (χ2v) is 7.69. The molecule has 0 amide bonds. The van der Waals surface area contributed by atoms with Crippen LogP contribution in [-0.4, -0.2) is 23.3 Å². The molecular formula is C18H34O3. The second-order valence-electron chi connectivity index (χ2n) is 7.69. The van der Waals surface area contributed by atoms with Gasteiger partial charge in [0.15, 0.2) is 0 Å². The van der Waals surface area contributed by atoms with E-state index >= 15 is 0 Å². The second kappa shape index (κ2) is 9.34. The van der Waals surface area contributed by atoms with Crippen molar-refractivity contribution in [1.82, 2.24) is 0 Å². The zero-order valence-electron chi connectivity index (χ0n) is 14.6. The number of carbonyl (C=O) groups is 2. The molecule has 3 nitrogen and oxygen atoms in total. The number of carbonyl (C=O) groups excluding carboxylic acids is 2. The molecular weight excluding hydrogens is 264 g/mol. The van der Waals surface area contributed by atoms with Gasteiger partial charge < -0.3 is 9.90 Å². The molecule has 1 atom stereocenters. The Kier molecular flexibility index (Phi) is 9.03. The number of Topliss-reactive ketones (excluding diaryl/α,β-unsaturated/α-hetero) is 1. The highest BCUT2D eigenvalue weighted by molar-refractivity contribution is 5.81. The summed E-state index contributed by atoms with van der Waals surface area (Å²) in [6, 6.07) is 0. The lowest BCUT2D eigenvalue weighted by atomic mass is 9.83. The molecule has 0 spiro atoms. The molecule has 0 saturated heterocycles. The van der Waals surface area contributed by atoms with Crippen LogP contribution in [0.25, 0.3) is 0 Å². The molecule has 0 aliphatic carbocycles. The molecule has 0 aromatic heterocycles. The first-order chi connectivity index (χ1) is 9.60. The summed E-state index contributed by atoms with van der Waals surface area (Å²) in [5.41, 5.74) is -0.464. The molecule has 0 bridgehead atoms. The van der Waals surface area contributed by atoms with Gasteiger partial charge in [-0.3, -0.25) is 4.79 Å². The summed E-state index contributed by atoms with van der Waals surface area (Å²) >= 11 is 0. The molecule has 124 valence electrons. The van der Waals surface area contributed by atoms with Crippen LogP contribution in [-0.2, 0) is 9.59 Å². The van der Waals surface area contributed by atoms with Gasteiger partial charge in [0.1, 0.15) is 12.1 Å². The first-order valence-corrected chi connectivity index (χ1v) is 8.26. The van der Waals surface area contributed by atoms with Crippen molar-refractivity contribution in [3.8, 4) is 0 Å². The normalized spacial score (nSPS) is 14.0. The average Bonchev–Trinajstić information content (AvgIpc) is 2.39. The van der Waals surface area contributed by atoms with Crippen molar-refractivity contribution < 1.29 is 14.7 Å². The Morgan fingerprint density at radius 2 is 1.48 bits per heavy atom. The van der Waals surface area contributed by atoms with Gasteiger partial charge in [-0.1, -0.05) is 53.4 Å². The molecule has 0 aliphatic heterocycles. The summed E-state index contributed by atoms with van der Waals surface area (Å²) in [5, 5.41) is 9.94. The largest absolute Gasteiger partial charge is 0.393 e. The minimum Gasteiger partial charge on any atom is -0.393 e. The maximum Gasteiger partial charge on any atom is 0.135 e. The van der Waals surface area contributed by atoms with Gasteiger partial charge in [0.2, 0.25) is 0 Å². The number of aliphatic hydroxyl groups is 1. The summed E-state index contributed by atoms with van der Waals surface area (Å²) in [6.07, 6.45) is 8.08. The van der Waals surface area contributed by atoms with E-state index in [9.17, 15) is 14.7 Å². The predicted molar refractivity (Wildman–Crippen MR) is 87.2 cm³/mol. The van der Waals surface area contributed by atoms with Gasteiger partial charge in [0.25, 0.3) is 0 Å². The van der Waals surface area contributed by atoms with E-state index in [1.54, 1.807) is 6.92 Å². The highest BCUT2D eigenvalue weighted by Gasteiger charge is 2.22. The van der Waals surface area contributed by atoms with Crippen LogP contribution in [0, 0.1) is 10.8 Å². The van der Waals surface area contributed by atoms with Gasteiger partial charge in [-0.05, 0) is 32.6 Å². The Morgan fingerprint density at radius 1 is 1.00 bits per heavy atom. The fourth-order valence-electron chi connectivity index (χ4n) is 2.29. The number of hydrogen-bond acceptors (Lipinski definition) is 3. The Balaban J connectivity index is 3.66. The van der Waals surface area contributed by atoms with Gasteiger partial charge in [0, 0.05) is 10.8 Å². The van der Waals surface area contributed by atoms with Crippen molar-refractivity contribution in [2.75, 3.05) is 0 Å². The van der Waals surface area contributed by atoms with E-state index in [2.05, 4.69) is 0 Å². The molecule has 3 heteroatoms. The van der Waals surface area contributed by atoms with Crippen LogP contribution in [0.3, 0.4) is 0 Å². The van der Waals surface area contributed by atoms with Gasteiger partial charge >= 0.3 is 0 Å². The topological polar surface area (TPSA) is 54.4 Å². The highest BCUT2D eigenvalue weighted by Crippen LogP contribution is 2.25. The summed E-state index contributed by atoms with van der Waals surface area (Å²) in [4.78, 5) is 22.2. The zero-order valence-corrected chi connectivity index (χ0v) is 14.6. The van der Waals surface area contributed by atoms with Crippen LogP contribution in [0.1, 0.15) is 86.0 Å². The van der Waals surface area contributed by atoms with Crippen LogP contribution < -0.4 is 0 Å². The van der Waals surface area contributed by atoms with Crippen LogP contribution in [0.2, 0.25) is 0 Å². The van der Waals surface area contributed by atoms with E-state index < -0.39 is 0 Å². The van der Waals surface area contributed by atoms with Crippen molar-refractivity contribution in [1.29, 1.82) is 0 Å². The smallest absolute Gasteiger partial charge is 0.135 e. The van der Waals surface area contributed by atoms with Gasteiger partial charge in [-0.15, -0.1) is 0 Å². The molecule has 0 radical (unpaired) electrons. The molecule has 0 saturated carbocycles. The van der Waals surface area contributed by atoms with Crippen molar-refractivity contribution in [2.45, 2.75) is 92.1 Å². The van der Waals surface area contributed by atoms with Gasteiger partial charge in [0.05, 0.1) is 6.10 Å². The highest BCUT2D eigenvalue weighted by atomic mass is 16.3. The Labute approximate surface area is 130 Å². The van der Waals surface area contributed by atoms with Crippen LogP contribution in [0.5, 0.6) is 0 Å². The minimum atomic E-state index is -0.246. The molecule has 0 heterocycles. The van der Waals surface area contributed by atoms with E-state index in [0.717, 1.165) is 57.7 Å². The Hall–Kier alpha value is -0.700. The summed E-state index contributed by atoms with van der Waals surface area (Å²) < 4.78 is 0. The Bertz CT molecular complexity index is 318. The standard InChI is InChI=1S/C18H34O3/c1-15(20)18(4,5)13-9-7-11-16(21)10-6-8-12-17(2,3)14-19/h14,16,21H,6-13H2,1-5H3. The Morgan fingerprint density at radius 3 is 1.90 bits per heavy atom. The van der Waals surface area contributed by atoms with E-state index in [1.807, 2.05) is 27.7 Å². The quantitative estimate of drug-likeness (QED) is 0.431. The number of rotatable bonds is 12. The molecule has 1 N–H and O–H groups in total. The third kappa shape index (κ3) is 9.78. The van der Waals surface area contributed by atoms with Crippen molar-refractivity contribution in [3.05, 3.63) is 0 Å². The lowest BCUT2D eigenvalue weighted by molar-refractivity contribution is -0.125. The maximum atomic E-state index is 11.4. The van der Waals surface area contributed by atoms with E-state index in [4.69, 9.17) is 0 Å². The van der Waals surface area contributed by atoms with Crippen LogP contribution >= 0.6 is 0 Å². The molecule has 0 rings (SSSR count). The molecule has 1 unspecified atom stereocenters. The SMILES string of the molecule is CC(=O)C(C)(C)CCCCC(O)CCCCC(C)(C)C=O. The molecule has 0 aromatic rings. The number of unbranched alkanes of at least 4 members (excludes halogenated alkanes) is 2. The number of ketones is 1. The number of hydrogen-bond donors (Lipinski definition) is 1. The zero-order chi connectivity index (χ0) is 16.5. The van der Waals surface area contributed by atoms with E-state index in [-0.39, 0.29) is 22.7 Å². The molecule has 21 heavy (non-hydrogen) atoms. The fraction of sp³-hybridized carbons (Fsp3) is 0.889. The minimum absolute atomic E-state index is 0.231. The molecule has 0 aromatic carbocycles. The van der Waals surface area contributed by atoms with Gasteiger partial charge in [-0.25, -0.2) is 0 Å². The third-order valence-corrected chi connectivity index (χ3v) is 4.47. The summed E-state index contributed by atoms with van der Waals surface area (Å²) in [6.45, 7) is 9.52. The summed E-state index contributed by atoms with van der Waals surface area (Å²) in [5.74, 6) is 0.237. The number of aldehydes is 1. The summed E-state index contributed by atoms with van der Waals surface area (Å²) in [7, 11) is 0. The first kappa shape index (κ1) is 20.3. The van der Waals surface area contributed by atoms with Gasteiger partial charge in [-0.2, -0.15) is 0 Å². The molecule has 0 aliphatic rings. The van der Waals surface area contributed by atoms with Crippen molar-refractivity contribution in [2.24, 2.45) is 10.8 Å².